The van der Waals surface area contributed by atoms with E-state index in [0.717, 1.165) is 5.52 Å². The van der Waals surface area contributed by atoms with Gasteiger partial charge in [-0.2, -0.15) is 0 Å². The van der Waals surface area contributed by atoms with E-state index in [2.05, 4.69) is 4.98 Å². The van der Waals surface area contributed by atoms with Crippen LogP contribution in [0.1, 0.15) is 16.8 Å². The van der Waals surface area contributed by atoms with Gasteiger partial charge in [-0.1, -0.05) is 18.2 Å². The molecule has 0 aliphatic carbocycles. The molecule has 7 heteroatoms. The van der Waals surface area contributed by atoms with Crippen LogP contribution in [0.25, 0.3) is 11.1 Å². The summed E-state index contributed by atoms with van der Waals surface area (Å²) < 4.78 is 10.7. The molecule has 3 aromatic rings. The van der Waals surface area contributed by atoms with Crippen LogP contribution in [0.3, 0.4) is 0 Å². The summed E-state index contributed by atoms with van der Waals surface area (Å²) in [5, 5.41) is 0. The van der Waals surface area contributed by atoms with E-state index in [4.69, 9.17) is 9.15 Å². The molecule has 0 unspecified atom stereocenters. The van der Waals surface area contributed by atoms with Gasteiger partial charge in [0.2, 0.25) is 0 Å². The molecule has 0 bridgehead atoms. The second kappa shape index (κ2) is 7.49. The number of fused-ring (bicyclic) bond motifs is 1. The Labute approximate surface area is 156 Å². The Morgan fingerprint density at radius 3 is 2.59 bits per heavy atom. The molecule has 1 aromatic heterocycles. The number of rotatable bonds is 2. The van der Waals surface area contributed by atoms with Gasteiger partial charge < -0.3 is 19.0 Å². The van der Waals surface area contributed by atoms with Gasteiger partial charge in [-0.25, -0.2) is 9.78 Å². The van der Waals surface area contributed by atoms with Gasteiger partial charge in [-0.3, -0.25) is 4.79 Å². The zero-order valence-corrected chi connectivity index (χ0v) is 14.7. The molecule has 1 aliphatic heterocycles. The minimum Gasteiger partial charge on any atom is -0.443 e. The molecule has 2 heterocycles. The van der Waals surface area contributed by atoms with Crippen LogP contribution in [-0.4, -0.2) is 53.0 Å². The zero-order chi connectivity index (χ0) is 18.6. The Kier molecular flexibility index (Phi) is 4.74. The summed E-state index contributed by atoms with van der Waals surface area (Å²) in [6, 6.07) is 14.2. The molecule has 138 valence electrons. The van der Waals surface area contributed by atoms with Crippen LogP contribution in [0.4, 0.5) is 4.79 Å². The van der Waals surface area contributed by atoms with Gasteiger partial charge in [-0.15, -0.1) is 0 Å². The quantitative estimate of drug-likeness (QED) is 0.697. The van der Waals surface area contributed by atoms with Crippen molar-refractivity contribution >= 4 is 23.1 Å². The molecule has 0 saturated carbocycles. The van der Waals surface area contributed by atoms with E-state index in [0.29, 0.717) is 49.5 Å². The molecule has 2 amide bonds. The highest BCUT2D eigenvalue weighted by Gasteiger charge is 2.24. The maximum absolute atomic E-state index is 12.8. The van der Waals surface area contributed by atoms with E-state index in [1.54, 1.807) is 40.1 Å². The number of oxazole rings is 1. The predicted molar refractivity (Wildman–Crippen MR) is 98.6 cm³/mol. The highest BCUT2D eigenvalue weighted by atomic mass is 16.6. The summed E-state index contributed by atoms with van der Waals surface area (Å²) in [7, 11) is 0. The molecular formula is C20H19N3O4. The van der Waals surface area contributed by atoms with Crippen LogP contribution in [0.5, 0.6) is 5.75 Å². The molecule has 0 atom stereocenters. The van der Waals surface area contributed by atoms with Crippen LogP contribution >= 0.6 is 0 Å². The van der Waals surface area contributed by atoms with Gasteiger partial charge in [0.05, 0.1) is 0 Å². The second-order valence-electron chi connectivity index (χ2n) is 6.35. The van der Waals surface area contributed by atoms with E-state index < -0.39 is 6.09 Å². The van der Waals surface area contributed by atoms with Crippen LogP contribution in [0, 0.1) is 0 Å². The summed E-state index contributed by atoms with van der Waals surface area (Å²) in [4.78, 5) is 32.6. The molecular weight excluding hydrogens is 346 g/mol. The number of aromatic nitrogens is 1. The first-order valence-corrected chi connectivity index (χ1v) is 8.85. The minimum absolute atomic E-state index is 0.0772. The number of para-hydroxylation sites is 1. The molecule has 2 aromatic carbocycles. The summed E-state index contributed by atoms with van der Waals surface area (Å²) in [5.74, 6) is 0.437. The number of ether oxygens (including phenoxy) is 1. The fourth-order valence-electron chi connectivity index (χ4n) is 3.13. The van der Waals surface area contributed by atoms with Gasteiger partial charge >= 0.3 is 6.09 Å². The van der Waals surface area contributed by atoms with E-state index in [1.807, 2.05) is 18.2 Å². The van der Waals surface area contributed by atoms with Gasteiger partial charge in [0, 0.05) is 31.7 Å². The Morgan fingerprint density at radius 1 is 0.963 bits per heavy atom. The molecule has 0 spiro atoms. The van der Waals surface area contributed by atoms with Crippen molar-refractivity contribution in [3.63, 3.8) is 0 Å². The number of hydrogen-bond donors (Lipinski definition) is 0. The van der Waals surface area contributed by atoms with Crippen molar-refractivity contribution < 1.29 is 18.7 Å². The fourth-order valence-corrected chi connectivity index (χ4v) is 3.13. The van der Waals surface area contributed by atoms with E-state index in [1.165, 1.54) is 6.39 Å². The van der Waals surface area contributed by atoms with Crippen molar-refractivity contribution in [2.75, 3.05) is 26.2 Å². The topological polar surface area (TPSA) is 75.9 Å². The number of nitrogens with zero attached hydrogens (tertiary/aromatic N) is 3. The van der Waals surface area contributed by atoms with Gasteiger partial charge in [0.25, 0.3) is 5.91 Å². The predicted octanol–water partition coefficient (Wildman–Crippen LogP) is 3.17. The third-order valence-corrected chi connectivity index (χ3v) is 4.57. The molecule has 7 nitrogen and oxygen atoms in total. The van der Waals surface area contributed by atoms with Crippen molar-refractivity contribution in [2.45, 2.75) is 6.42 Å². The van der Waals surface area contributed by atoms with Crippen LogP contribution in [0.2, 0.25) is 0 Å². The summed E-state index contributed by atoms with van der Waals surface area (Å²) in [6.07, 6.45) is 1.67. The first-order valence-electron chi connectivity index (χ1n) is 8.85. The molecule has 1 fully saturated rings. The third-order valence-electron chi connectivity index (χ3n) is 4.57. The normalized spacial score (nSPS) is 14.8. The van der Waals surface area contributed by atoms with Crippen molar-refractivity contribution in [3.05, 3.63) is 60.5 Å². The molecule has 27 heavy (non-hydrogen) atoms. The number of hydrogen-bond acceptors (Lipinski definition) is 5. The first kappa shape index (κ1) is 17.1. The molecule has 1 saturated heterocycles. The highest BCUT2D eigenvalue weighted by molar-refractivity contribution is 5.97. The zero-order valence-electron chi connectivity index (χ0n) is 14.7. The Bertz CT molecular complexity index is 954. The Hall–Kier alpha value is -3.35. The van der Waals surface area contributed by atoms with E-state index >= 15 is 0 Å². The van der Waals surface area contributed by atoms with Crippen molar-refractivity contribution in [1.29, 1.82) is 0 Å². The third kappa shape index (κ3) is 3.76. The fraction of sp³-hybridized carbons (Fsp3) is 0.250. The summed E-state index contributed by atoms with van der Waals surface area (Å²) in [6.45, 7) is 2.03. The number of amides is 2. The van der Waals surface area contributed by atoms with E-state index in [9.17, 15) is 9.59 Å². The lowest BCUT2D eigenvalue weighted by Gasteiger charge is -2.22. The maximum atomic E-state index is 12.8. The molecule has 4 rings (SSSR count). The summed E-state index contributed by atoms with van der Waals surface area (Å²) >= 11 is 0. The average molecular weight is 365 g/mol. The van der Waals surface area contributed by atoms with Crippen molar-refractivity contribution in [2.24, 2.45) is 0 Å². The largest absolute Gasteiger partial charge is 0.443 e. The first-order chi connectivity index (χ1) is 13.2. The Balaban J connectivity index is 1.40. The van der Waals surface area contributed by atoms with Crippen LogP contribution < -0.4 is 4.74 Å². The van der Waals surface area contributed by atoms with Gasteiger partial charge in [-0.05, 0) is 36.8 Å². The molecule has 0 radical (unpaired) electrons. The van der Waals surface area contributed by atoms with Crippen molar-refractivity contribution in [1.82, 2.24) is 14.8 Å². The monoisotopic (exact) mass is 365 g/mol. The Morgan fingerprint density at radius 2 is 1.74 bits per heavy atom. The van der Waals surface area contributed by atoms with Gasteiger partial charge in [0.15, 0.2) is 12.0 Å². The SMILES string of the molecule is O=C(Oc1ccccc1)N1CCCN(C(=O)c2ccc3ncoc3c2)CC1. The van der Waals surface area contributed by atoms with E-state index in [-0.39, 0.29) is 5.91 Å². The lowest BCUT2D eigenvalue weighted by molar-refractivity contribution is 0.0760. The number of carbonyl (C=O) groups excluding carboxylic acids is 2. The average Bonchev–Trinajstić information content (AvgIpc) is 3.02. The smallest absolute Gasteiger partial charge is 0.415 e. The number of benzene rings is 2. The van der Waals surface area contributed by atoms with Crippen molar-refractivity contribution in [3.8, 4) is 5.75 Å². The second-order valence-corrected chi connectivity index (χ2v) is 6.35. The molecule has 1 aliphatic rings. The lowest BCUT2D eigenvalue weighted by Crippen LogP contribution is -2.38. The minimum atomic E-state index is -0.390. The van der Waals surface area contributed by atoms with Gasteiger partial charge in [0.1, 0.15) is 11.3 Å². The number of carbonyl (C=O) groups is 2. The maximum Gasteiger partial charge on any atom is 0.415 e. The summed E-state index contributed by atoms with van der Waals surface area (Å²) in [5.41, 5.74) is 1.86. The van der Waals surface area contributed by atoms with Crippen LogP contribution in [-0.2, 0) is 0 Å². The standard InChI is InChI=1S/C20H19N3O4/c24-19(15-7-8-17-18(13-15)26-14-21-17)22-9-4-10-23(12-11-22)20(25)27-16-5-2-1-3-6-16/h1-3,5-8,13-14H,4,9-12H2. The lowest BCUT2D eigenvalue weighted by atomic mass is 10.1. The highest BCUT2D eigenvalue weighted by Crippen LogP contribution is 2.17. The van der Waals surface area contributed by atoms with Crippen LogP contribution in [0.15, 0.2) is 59.3 Å². The molecule has 0 N–H and O–H groups in total.